The zero-order chi connectivity index (χ0) is 14.1. The number of hydrogen-bond donors (Lipinski definition) is 1. The van der Waals surface area contributed by atoms with Crippen LogP contribution in [0.25, 0.3) is 0 Å². The van der Waals surface area contributed by atoms with Crippen LogP contribution in [-0.4, -0.2) is 13.2 Å². The molecule has 1 N–H and O–H groups in total. The van der Waals surface area contributed by atoms with E-state index < -0.39 is 0 Å². The van der Waals surface area contributed by atoms with Crippen molar-refractivity contribution in [3.63, 3.8) is 0 Å². The summed E-state index contributed by atoms with van der Waals surface area (Å²) in [6.45, 7) is 2.04. The molecule has 0 saturated heterocycles. The minimum Gasteiger partial charge on any atom is -0.497 e. The van der Waals surface area contributed by atoms with Crippen molar-refractivity contribution >= 4 is 5.69 Å². The maximum atomic E-state index is 9.15. The summed E-state index contributed by atoms with van der Waals surface area (Å²) in [4.78, 5) is 0. The van der Waals surface area contributed by atoms with E-state index in [1.165, 1.54) is 0 Å². The Kier molecular flexibility index (Phi) is 6.26. The normalized spacial score (nSPS) is 12.8. The highest BCUT2D eigenvalue weighted by molar-refractivity contribution is 5.48. The quantitative estimate of drug-likeness (QED) is 0.813. The Labute approximate surface area is 114 Å². The lowest BCUT2D eigenvalue weighted by atomic mass is 9.97. The Morgan fingerprint density at radius 1 is 1.21 bits per heavy atom. The molecule has 0 aliphatic carbocycles. The van der Waals surface area contributed by atoms with E-state index in [9.17, 15) is 0 Å². The van der Waals surface area contributed by atoms with Gasteiger partial charge in [0.1, 0.15) is 11.8 Å². The lowest BCUT2D eigenvalue weighted by Crippen LogP contribution is -2.20. The molecule has 0 saturated carbocycles. The summed E-state index contributed by atoms with van der Waals surface area (Å²) < 4.78 is 5.08. The monoisotopic (exact) mass is 257 g/mol. The van der Waals surface area contributed by atoms with Crippen molar-refractivity contribution in [1.29, 1.82) is 10.5 Å². The van der Waals surface area contributed by atoms with Crippen molar-refractivity contribution in [2.24, 2.45) is 5.92 Å². The van der Waals surface area contributed by atoms with Crippen LogP contribution in [-0.2, 0) is 0 Å². The van der Waals surface area contributed by atoms with Crippen molar-refractivity contribution < 1.29 is 4.74 Å². The second-order valence-corrected chi connectivity index (χ2v) is 4.40. The molecule has 2 unspecified atom stereocenters. The van der Waals surface area contributed by atoms with Crippen LogP contribution in [0, 0.1) is 28.6 Å². The number of hydrogen-bond acceptors (Lipinski definition) is 4. The summed E-state index contributed by atoms with van der Waals surface area (Å²) in [6.07, 6.45) is 2.34. The maximum Gasteiger partial charge on any atom is 0.119 e. The standard InChI is InChI=1S/C15H19N3O/c1-3-4-12(10-16)9-14(11-17)18-13-5-7-15(19-2)8-6-13/h5-8,12,14,18H,3-4,9H2,1-2H3. The number of ether oxygens (including phenoxy) is 1. The first-order valence-electron chi connectivity index (χ1n) is 6.43. The highest BCUT2D eigenvalue weighted by Crippen LogP contribution is 2.19. The van der Waals surface area contributed by atoms with Gasteiger partial charge in [-0.15, -0.1) is 0 Å². The number of nitrogens with zero attached hydrogens (tertiary/aromatic N) is 2. The van der Waals surface area contributed by atoms with Crippen LogP contribution in [0.4, 0.5) is 5.69 Å². The van der Waals surface area contributed by atoms with E-state index in [1.807, 2.05) is 31.2 Å². The Morgan fingerprint density at radius 3 is 2.37 bits per heavy atom. The summed E-state index contributed by atoms with van der Waals surface area (Å²) in [5.74, 6) is 0.709. The molecule has 1 aromatic rings. The second kappa shape index (κ2) is 8.00. The third kappa shape index (κ3) is 4.89. The van der Waals surface area contributed by atoms with Crippen LogP contribution in [0.15, 0.2) is 24.3 Å². The van der Waals surface area contributed by atoms with Gasteiger partial charge in [0.15, 0.2) is 0 Å². The third-order valence-corrected chi connectivity index (χ3v) is 2.93. The largest absolute Gasteiger partial charge is 0.497 e. The molecular formula is C15H19N3O. The van der Waals surface area contributed by atoms with Gasteiger partial charge in [-0.3, -0.25) is 0 Å². The number of rotatable bonds is 7. The van der Waals surface area contributed by atoms with Crippen LogP contribution < -0.4 is 10.1 Å². The van der Waals surface area contributed by atoms with Crippen molar-refractivity contribution in [2.75, 3.05) is 12.4 Å². The summed E-state index contributed by atoms with van der Waals surface area (Å²) in [5.41, 5.74) is 0.862. The average Bonchev–Trinajstić information content (AvgIpc) is 2.46. The van der Waals surface area contributed by atoms with Crippen LogP contribution >= 0.6 is 0 Å². The third-order valence-electron chi connectivity index (χ3n) is 2.93. The molecule has 2 atom stereocenters. The molecule has 100 valence electrons. The van der Waals surface area contributed by atoms with Crippen molar-refractivity contribution in [2.45, 2.75) is 32.2 Å². The van der Waals surface area contributed by atoms with Crippen LogP contribution in [0.2, 0.25) is 0 Å². The lowest BCUT2D eigenvalue weighted by Gasteiger charge is -2.16. The number of nitrogens with one attached hydrogen (secondary N) is 1. The van der Waals surface area contributed by atoms with E-state index >= 15 is 0 Å². The zero-order valence-corrected chi connectivity index (χ0v) is 11.4. The first-order chi connectivity index (χ1) is 9.23. The highest BCUT2D eigenvalue weighted by Gasteiger charge is 2.15. The van der Waals surface area contributed by atoms with Gasteiger partial charge in [-0.05, 0) is 37.1 Å². The molecule has 0 bridgehead atoms. The maximum absolute atomic E-state index is 9.15. The minimum atomic E-state index is -0.343. The van der Waals surface area contributed by atoms with Gasteiger partial charge in [-0.1, -0.05) is 13.3 Å². The van der Waals surface area contributed by atoms with Gasteiger partial charge in [-0.25, -0.2) is 0 Å². The lowest BCUT2D eigenvalue weighted by molar-refractivity contribution is 0.415. The van der Waals surface area contributed by atoms with E-state index in [0.29, 0.717) is 6.42 Å². The molecular weight excluding hydrogens is 238 g/mol. The Hall–Kier alpha value is -2.20. The summed E-state index contributed by atoms with van der Waals surface area (Å²) in [7, 11) is 1.61. The molecule has 0 fully saturated rings. The van der Waals surface area contributed by atoms with Gasteiger partial charge in [0, 0.05) is 11.6 Å². The summed E-state index contributed by atoms with van der Waals surface area (Å²) in [5, 5.41) is 21.3. The Morgan fingerprint density at radius 2 is 1.89 bits per heavy atom. The molecule has 0 amide bonds. The topological polar surface area (TPSA) is 68.8 Å². The Bertz CT molecular complexity index is 456. The van der Waals surface area contributed by atoms with Crippen molar-refractivity contribution in [3.8, 4) is 17.9 Å². The number of nitriles is 2. The molecule has 0 heterocycles. The molecule has 1 aromatic carbocycles. The van der Waals surface area contributed by atoms with E-state index in [-0.39, 0.29) is 12.0 Å². The molecule has 4 nitrogen and oxygen atoms in total. The van der Waals surface area contributed by atoms with E-state index in [1.54, 1.807) is 7.11 Å². The fraction of sp³-hybridized carbons (Fsp3) is 0.467. The zero-order valence-electron chi connectivity index (χ0n) is 11.4. The van der Waals surface area contributed by atoms with Crippen molar-refractivity contribution in [3.05, 3.63) is 24.3 Å². The number of benzene rings is 1. The van der Waals surface area contributed by atoms with Gasteiger partial charge in [0.2, 0.25) is 0 Å². The second-order valence-electron chi connectivity index (χ2n) is 4.40. The first-order valence-corrected chi connectivity index (χ1v) is 6.43. The fourth-order valence-electron chi connectivity index (χ4n) is 1.90. The molecule has 0 aromatic heterocycles. The smallest absolute Gasteiger partial charge is 0.119 e. The predicted molar refractivity (Wildman–Crippen MR) is 74.6 cm³/mol. The van der Waals surface area contributed by atoms with E-state index in [4.69, 9.17) is 15.3 Å². The van der Waals surface area contributed by atoms with Gasteiger partial charge >= 0.3 is 0 Å². The molecule has 4 heteroatoms. The fourth-order valence-corrected chi connectivity index (χ4v) is 1.90. The SMILES string of the molecule is CCCC(C#N)CC(C#N)Nc1ccc(OC)cc1. The predicted octanol–water partition coefficient (Wildman–Crippen LogP) is 3.33. The van der Waals surface area contributed by atoms with Crippen LogP contribution in [0.3, 0.4) is 0 Å². The molecule has 19 heavy (non-hydrogen) atoms. The molecule has 0 aliphatic heterocycles. The first kappa shape index (κ1) is 14.9. The van der Waals surface area contributed by atoms with Gasteiger partial charge in [0.05, 0.1) is 19.2 Å². The molecule has 0 aliphatic rings. The van der Waals surface area contributed by atoms with E-state index in [2.05, 4.69) is 17.5 Å². The molecule has 1 rings (SSSR count). The van der Waals surface area contributed by atoms with Gasteiger partial charge in [-0.2, -0.15) is 10.5 Å². The number of methoxy groups -OCH3 is 1. The number of anilines is 1. The molecule has 0 radical (unpaired) electrons. The highest BCUT2D eigenvalue weighted by atomic mass is 16.5. The van der Waals surface area contributed by atoms with Crippen LogP contribution in [0.5, 0.6) is 5.75 Å². The summed E-state index contributed by atoms with van der Waals surface area (Å²) in [6, 6.07) is 11.5. The molecule has 0 spiro atoms. The minimum absolute atomic E-state index is 0.0691. The summed E-state index contributed by atoms with van der Waals surface area (Å²) >= 11 is 0. The van der Waals surface area contributed by atoms with Crippen molar-refractivity contribution in [1.82, 2.24) is 0 Å². The van der Waals surface area contributed by atoms with E-state index in [0.717, 1.165) is 24.3 Å². The Balaban J connectivity index is 2.61. The average molecular weight is 257 g/mol. The van der Waals surface area contributed by atoms with Crippen LogP contribution in [0.1, 0.15) is 26.2 Å². The van der Waals surface area contributed by atoms with Gasteiger partial charge < -0.3 is 10.1 Å². The van der Waals surface area contributed by atoms with Gasteiger partial charge in [0.25, 0.3) is 0 Å².